The van der Waals surface area contributed by atoms with Crippen molar-refractivity contribution in [2.24, 2.45) is 0 Å². The maximum atomic E-state index is 12.1. The first-order valence-corrected chi connectivity index (χ1v) is 6.16. The van der Waals surface area contributed by atoms with Crippen LogP contribution in [-0.2, 0) is 4.74 Å². The molecule has 0 aromatic carbocycles. The summed E-state index contributed by atoms with van der Waals surface area (Å²) >= 11 is 0. The summed E-state index contributed by atoms with van der Waals surface area (Å²) in [4.78, 5) is 16.1. The van der Waals surface area contributed by atoms with Gasteiger partial charge in [-0.25, -0.2) is 0 Å². The van der Waals surface area contributed by atoms with Crippen molar-refractivity contribution >= 4 is 11.6 Å². The van der Waals surface area contributed by atoms with E-state index in [1.807, 2.05) is 6.92 Å². The predicted octanol–water partition coefficient (Wildman–Crippen LogP) is 1.67. The molecule has 0 saturated carbocycles. The van der Waals surface area contributed by atoms with E-state index in [0.717, 1.165) is 18.7 Å². The number of carbonyl (C=O) groups excluding carboxylic acids is 1. The van der Waals surface area contributed by atoms with Gasteiger partial charge < -0.3 is 15.4 Å². The molecule has 1 rings (SSSR count). The van der Waals surface area contributed by atoms with Gasteiger partial charge in [0.05, 0.1) is 24.1 Å². The molecule has 1 aromatic rings. The zero-order valence-corrected chi connectivity index (χ0v) is 11.2. The molecular weight excluding hydrogens is 230 g/mol. The molecule has 100 valence electrons. The van der Waals surface area contributed by atoms with Gasteiger partial charge in [0.1, 0.15) is 0 Å². The molecule has 5 nitrogen and oxygen atoms in total. The van der Waals surface area contributed by atoms with Gasteiger partial charge in [-0.1, -0.05) is 6.92 Å². The van der Waals surface area contributed by atoms with Gasteiger partial charge in [0.2, 0.25) is 0 Å². The van der Waals surface area contributed by atoms with E-state index in [1.165, 1.54) is 0 Å². The fourth-order valence-electron chi connectivity index (χ4n) is 1.59. The summed E-state index contributed by atoms with van der Waals surface area (Å²) in [6.07, 6.45) is 4.29. The maximum Gasteiger partial charge on any atom is 0.253 e. The summed E-state index contributed by atoms with van der Waals surface area (Å²) in [7, 11) is 1.61. The minimum Gasteiger partial charge on any atom is -0.383 e. The number of aromatic nitrogens is 1. The van der Waals surface area contributed by atoms with Crippen LogP contribution < -0.4 is 10.6 Å². The number of rotatable bonds is 7. The lowest BCUT2D eigenvalue weighted by Crippen LogP contribution is -2.36. The largest absolute Gasteiger partial charge is 0.383 e. The number of hydrogen-bond donors (Lipinski definition) is 2. The highest BCUT2D eigenvalue weighted by molar-refractivity contribution is 5.99. The number of anilines is 1. The van der Waals surface area contributed by atoms with Crippen molar-refractivity contribution in [3.63, 3.8) is 0 Å². The summed E-state index contributed by atoms with van der Waals surface area (Å²) < 4.78 is 4.99. The number of hydrogen-bond acceptors (Lipinski definition) is 4. The lowest BCUT2D eigenvalue weighted by molar-refractivity contribution is 0.0906. The molecule has 0 aliphatic heterocycles. The summed E-state index contributed by atoms with van der Waals surface area (Å²) in [5.41, 5.74) is 1.38. The number of nitrogens with one attached hydrogen (secondary N) is 2. The fraction of sp³-hybridized carbons (Fsp3) is 0.538. The van der Waals surface area contributed by atoms with Crippen LogP contribution in [-0.4, -0.2) is 37.2 Å². The second kappa shape index (κ2) is 7.66. The Hall–Kier alpha value is -1.62. The third kappa shape index (κ3) is 4.33. The van der Waals surface area contributed by atoms with E-state index in [0.29, 0.717) is 12.2 Å². The van der Waals surface area contributed by atoms with Crippen LogP contribution in [0.25, 0.3) is 0 Å². The number of carbonyl (C=O) groups is 1. The number of ether oxygens (including phenoxy) is 1. The molecule has 0 spiro atoms. The molecule has 1 heterocycles. The Kier molecular flexibility index (Phi) is 6.14. The molecule has 0 saturated heterocycles. The van der Waals surface area contributed by atoms with Gasteiger partial charge in [-0.15, -0.1) is 0 Å². The van der Waals surface area contributed by atoms with Crippen LogP contribution in [0.5, 0.6) is 0 Å². The van der Waals surface area contributed by atoms with Crippen molar-refractivity contribution in [2.45, 2.75) is 26.3 Å². The summed E-state index contributed by atoms with van der Waals surface area (Å²) in [5, 5.41) is 6.08. The van der Waals surface area contributed by atoms with E-state index in [2.05, 4.69) is 22.5 Å². The topological polar surface area (TPSA) is 63.2 Å². The first-order valence-electron chi connectivity index (χ1n) is 6.16. The minimum absolute atomic E-state index is 0.0188. The second-order valence-electron chi connectivity index (χ2n) is 4.18. The van der Waals surface area contributed by atoms with Crippen LogP contribution in [0, 0.1) is 0 Å². The molecule has 5 heteroatoms. The normalized spacial score (nSPS) is 11.9. The third-order valence-electron chi connectivity index (χ3n) is 2.43. The van der Waals surface area contributed by atoms with Crippen molar-refractivity contribution in [3.05, 3.63) is 24.0 Å². The summed E-state index contributed by atoms with van der Waals surface area (Å²) in [6, 6.07) is 1.70. The SMILES string of the molecule is CCCNc1cnccc1C(=O)NC(C)COC. The molecule has 1 unspecified atom stereocenters. The van der Waals surface area contributed by atoms with E-state index in [1.54, 1.807) is 25.6 Å². The van der Waals surface area contributed by atoms with Gasteiger partial charge >= 0.3 is 0 Å². The van der Waals surface area contributed by atoms with Gasteiger partial charge in [-0.2, -0.15) is 0 Å². The van der Waals surface area contributed by atoms with Crippen molar-refractivity contribution < 1.29 is 9.53 Å². The van der Waals surface area contributed by atoms with Crippen LogP contribution in [0.4, 0.5) is 5.69 Å². The quantitative estimate of drug-likeness (QED) is 0.773. The average Bonchev–Trinajstić information content (AvgIpc) is 2.36. The molecule has 0 aliphatic carbocycles. The van der Waals surface area contributed by atoms with Gasteiger partial charge in [-0.3, -0.25) is 9.78 Å². The van der Waals surface area contributed by atoms with Crippen LogP contribution >= 0.6 is 0 Å². The Morgan fingerprint density at radius 1 is 1.56 bits per heavy atom. The third-order valence-corrected chi connectivity index (χ3v) is 2.43. The van der Waals surface area contributed by atoms with Crippen LogP contribution in [0.2, 0.25) is 0 Å². The molecule has 0 aliphatic rings. The second-order valence-corrected chi connectivity index (χ2v) is 4.18. The Morgan fingerprint density at radius 2 is 2.33 bits per heavy atom. The number of methoxy groups -OCH3 is 1. The van der Waals surface area contributed by atoms with E-state index in [4.69, 9.17) is 4.74 Å². The van der Waals surface area contributed by atoms with E-state index in [9.17, 15) is 4.79 Å². The van der Waals surface area contributed by atoms with Gasteiger partial charge in [0, 0.05) is 25.9 Å². The van der Waals surface area contributed by atoms with E-state index in [-0.39, 0.29) is 11.9 Å². The van der Waals surface area contributed by atoms with Crippen molar-refractivity contribution in [1.29, 1.82) is 0 Å². The lowest BCUT2D eigenvalue weighted by Gasteiger charge is -2.15. The molecule has 1 amide bonds. The molecular formula is C13H21N3O2. The highest BCUT2D eigenvalue weighted by Gasteiger charge is 2.13. The van der Waals surface area contributed by atoms with Gasteiger partial charge in [0.15, 0.2) is 0 Å². The first-order chi connectivity index (χ1) is 8.69. The Balaban J connectivity index is 2.71. The summed E-state index contributed by atoms with van der Waals surface area (Å²) in [6.45, 7) is 5.29. The molecule has 1 aromatic heterocycles. The van der Waals surface area contributed by atoms with Crippen molar-refractivity contribution in [3.8, 4) is 0 Å². The Bertz CT molecular complexity index is 382. The van der Waals surface area contributed by atoms with Gasteiger partial charge in [-0.05, 0) is 19.4 Å². The summed E-state index contributed by atoms with van der Waals surface area (Å²) in [5.74, 6) is -0.111. The first kappa shape index (κ1) is 14.4. The molecule has 18 heavy (non-hydrogen) atoms. The van der Waals surface area contributed by atoms with Crippen molar-refractivity contribution in [2.75, 3.05) is 25.6 Å². The van der Waals surface area contributed by atoms with E-state index >= 15 is 0 Å². The van der Waals surface area contributed by atoms with Crippen LogP contribution in [0.15, 0.2) is 18.5 Å². The zero-order valence-electron chi connectivity index (χ0n) is 11.2. The number of amides is 1. The molecule has 2 N–H and O–H groups in total. The minimum atomic E-state index is -0.111. The average molecular weight is 251 g/mol. The molecule has 1 atom stereocenters. The number of pyridine rings is 1. The Labute approximate surface area is 108 Å². The van der Waals surface area contributed by atoms with Crippen molar-refractivity contribution in [1.82, 2.24) is 10.3 Å². The number of nitrogens with zero attached hydrogens (tertiary/aromatic N) is 1. The highest BCUT2D eigenvalue weighted by atomic mass is 16.5. The van der Waals surface area contributed by atoms with Crippen LogP contribution in [0.1, 0.15) is 30.6 Å². The lowest BCUT2D eigenvalue weighted by atomic mass is 10.2. The highest BCUT2D eigenvalue weighted by Crippen LogP contribution is 2.13. The van der Waals surface area contributed by atoms with Crippen LogP contribution in [0.3, 0.4) is 0 Å². The van der Waals surface area contributed by atoms with Gasteiger partial charge in [0.25, 0.3) is 5.91 Å². The predicted molar refractivity (Wildman–Crippen MR) is 71.8 cm³/mol. The molecule has 0 radical (unpaired) electrons. The monoisotopic (exact) mass is 251 g/mol. The zero-order chi connectivity index (χ0) is 13.4. The standard InChI is InChI=1S/C13H21N3O2/c1-4-6-15-12-8-14-7-5-11(12)13(17)16-10(2)9-18-3/h5,7-8,10,15H,4,6,9H2,1-3H3,(H,16,17). The Morgan fingerprint density at radius 3 is 3.00 bits per heavy atom. The maximum absolute atomic E-state index is 12.1. The molecule has 0 fully saturated rings. The molecule has 0 bridgehead atoms. The van der Waals surface area contributed by atoms with E-state index < -0.39 is 0 Å². The smallest absolute Gasteiger partial charge is 0.253 e. The fourth-order valence-corrected chi connectivity index (χ4v) is 1.59.